The Morgan fingerprint density at radius 2 is 2.25 bits per heavy atom. The lowest BCUT2D eigenvalue weighted by molar-refractivity contribution is -0.0134. The van der Waals surface area contributed by atoms with Crippen LogP contribution in [0.5, 0.6) is 0 Å². The van der Waals surface area contributed by atoms with Crippen LogP contribution in [0.15, 0.2) is 0 Å². The minimum absolute atomic E-state index is 0.218. The van der Waals surface area contributed by atoms with E-state index in [1.807, 2.05) is 13.8 Å². The van der Waals surface area contributed by atoms with E-state index in [1.165, 1.54) is 0 Å². The van der Waals surface area contributed by atoms with Crippen molar-refractivity contribution in [3.05, 3.63) is 0 Å². The van der Waals surface area contributed by atoms with Crippen LogP contribution in [-0.4, -0.2) is 36.5 Å². The molecule has 0 saturated heterocycles. The van der Waals surface area contributed by atoms with E-state index >= 15 is 0 Å². The first-order valence-corrected chi connectivity index (χ1v) is 4.74. The predicted molar refractivity (Wildman–Crippen MR) is 48.1 cm³/mol. The van der Waals surface area contributed by atoms with Crippen molar-refractivity contribution in [2.75, 3.05) is 13.2 Å². The second kappa shape index (κ2) is 4.80. The third-order valence-electron chi connectivity index (χ3n) is 2.29. The van der Waals surface area contributed by atoms with Gasteiger partial charge in [-0.1, -0.05) is 0 Å². The van der Waals surface area contributed by atoms with Crippen LogP contribution in [0, 0.1) is 0 Å². The lowest BCUT2D eigenvalue weighted by Gasteiger charge is -2.37. The van der Waals surface area contributed by atoms with Gasteiger partial charge in [-0.05, 0) is 26.7 Å². The summed E-state index contributed by atoms with van der Waals surface area (Å²) < 4.78 is 5.42. The molecule has 3 nitrogen and oxygen atoms in total. The summed E-state index contributed by atoms with van der Waals surface area (Å²) in [6.45, 7) is 5.05. The fourth-order valence-corrected chi connectivity index (χ4v) is 1.53. The number of rotatable bonds is 5. The largest absolute Gasteiger partial charge is 0.395 e. The van der Waals surface area contributed by atoms with Gasteiger partial charge in [-0.2, -0.15) is 0 Å². The van der Waals surface area contributed by atoms with Crippen LogP contribution in [0.4, 0.5) is 0 Å². The zero-order valence-corrected chi connectivity index (χ0v) is 7.92. The third-order valence-corrected chi connectivity index (χ3v) is 2.29. The van der Waals surface area contributed by atoms with E-state index in [0.29, 0.717) is 12.1 Å². The Kier molecular flexibility index (Phi) is 3.98. The molecule has 1 fully saturated rings. The van der Waals surface area contributed by atoms with Crippen LogP contribution in [0.1, 0.15) is 26.7 Å². The van der Waals surface area contributed by atoms with Gasteiger partial charge in [0.2, 0.25) is 0 Å². The highest BCUT2D eigenvalue weighted by molar-refractivity contribution is 4.87. The second-order valence-corrected chi connectivity index (χ2v) is 3.50. The van der Waals surface area contributed by atoms with Crippen molar-refractivity contribution in [3.8, 4) is 0 Å². The summed E-state index contributed by atoms with van der Waals surface area (Å²) in [4.78, 5) is 0. The van der Waals surface area contributed by atoms with Gasteiger partial charge < -0.3 is 15.2 Å². The van der Waals surface area contributed by atoms with Crippen molar-refractivity contribution in [2.24, 2.45) is 0 Å². The Labute approximate surface area is 74.1 Å². The lowest BCUT2D eigenvalue weighted by atomic mass is 9.89. The minimum Gasteiger partial charge on any atom is -0.395 e. The van der Waals surface area contributed by atoms with E-state index in [1.54, 1.807) is 0 Å². The van der Waals surface area contributed by atoms with Gasteiger partial charge in [0, 0.05) is 18.7 Å². The summed E-state index contributed by atoms with van der Waals surface area (Å²) >= 11 is 0. The van der Waals surface area contributed by atoms with E-state index in [0.717, 1.165) is 19.4 Å². The van der Waals surface area contributed by atoms with Crippen molar-refractivity contribution in [1.29, 1.82) is 0 Å². The van der Waals surface area contributed by atoms with Crippen LogP contribution in [-0.2, 0) is 4.74 Å². The summed E-state index contributed by atoms with van der Waals surface area (Å²) in [7, 11) is 0. The molecule has 1 aliphatic carbocycles. The monoisotopic (exact) mass is 173 g/mol. The maximum Gasteiger partial charge on any atom is 0.0604 e. The zero-order valence-electron chi connectivity index (χ0n) is 7.92. The van der Waals surface area contributed by atoms with E-state index in [9.17, 15) is 0 Å². The Bertz CT molecular complexity index is 124. The second-order valence-electron chi connectivity index (χ2n) is 3.50. The van der Waals surface area contributed by atoms with Gasteiger partial charge in [0.1, 0.15) is 0 Å². The van der Waals surface area contributed by atoms with Crippen LogP contribution in [0.2, 0.25) is 0 Å². The normalized spacial score (nSPS) is 31.2. The highest BCUT2D eigenvalue weighted by atomic mass is 16.5. The number of ether oxygens (including phenoxy) is 1. The molecule has 3 heteroatoms. The van der Waals surface area contributed by atoms with Crippen molar-refractivity contribution in [2.45, 2.75) is 44.9 Å². The molecule has 0 aromatic rings. The van der Waals surface area contributed by atoms with Gasteiger partial charge >= 0.3 is 0 Å². The Morgan fingerprint density at radius 1 is 1.58 bits per heavy atom. The first kappa shape index (κ1) is 9.96. The smallest absolute Gasteiger partial charge is 0.0604 e. The first-order chi connectivity index (χ1) is 5.76. The molecule has 0 aliphatic heterocycles. The molecule has 0 unspecified atom stereocenters. The summed E-state index contributed by atoms with van der Waals surface area (Å²) in [5, 5.41) is 12.1. The van der Waals surface area contributed by atoms with Crippen LogP contribution >= 0.6 is 0 Å². The quantitative estimate of drug-likeness (QED) is 0.637. The highest BCUT2D eigenvalue weighted by Gasteiger charge is 2.29. The Balaban J connectivity index is 2.01. The summed E-state index contributed by atoms with van der Waals surface area (Å²) in [6.07, 6.45) is 2.65. The topological polar surface area (TPSA) is 41.5 Å². The van der Waals surface area contributed by atoms with Gasteiger partial charge in [0.05, 0.1) is 12.7 Å². The highest BCUT2D eigenvalue weighted by Crippen LogP contribution is 2.23. The molecule has 0 bridgehead atoms. The average Bonchev–Trinajstić information content (AvgIpc) is 2.00. The van der Waals surface area contributed by atoms with Gasteiger partial charge in [-0.25, -0.2) is 0 Å². The number of aliphatic hydroxyl groups excluding tert-OH is 1. The molecule has 0 aromatic carbocycles. The van der Waals surface area contributed by atoms with Gasteiger partial charge in [0.15, 0.2) is 0 Å². The van der Waals surface area contributed by atoms with Crippen molar-refractivity contribution in [1.82, 2.24) is 5.32 Å². The molecule has 0 amide bonds. The molecular formula is C9H19NO2. The molecule has 1 saturated carbocycles. The van der Waals surface area contributed by atoms with Gasteiger partial charge in [-0.15, -0.1) is 0 Å². The van der Waals surface area contributed by atoms with Crippen molar-refractivity contribution >= 4 is 0 Å². The number of nitrogens with one attached hydrogen (secondary N) is 1. The molecule has 2 N–H and O–H groups in total. The molecule has 0 radical (unpaired) electrons. The van der Waals surface area contributed by atoms with Crippen molar-refractivity contribution < 1.29 is 9.84 Å². The Hall–Kier alpha value is -0.120. The van der Waals surface area contributed by atoms with E-state index in [2.05, 4.69) is 5.32 Å². The Morgan fingerprint density at radius 3 is 2.75 bits per heavy atom. The van der Waals surface area contributed by atoms with Gasteiger partial charge in [-0.3, -0.25) is 0 Å². The predicted octanol–water partition coefficient (Wildman–Crippen LogP) is 0.524. The molecule has 1 atom stereocenters. The van der Waals surface area contributed by atoms with Crippen LogP contribution < -0.4 is 5.32 Å². The molecule has 12 heavy (non-hydrogen) atoms. The van der Waals surface area contributed by atoms with Gasteiger partial charge in [0.25, 0.3) is 0 Å². The lowest BCUT2D eigenvalue weighted by Crippen LogP contribution is -2.49. The maximum absolute atomic E-state index is 8.78. The fourth-order valence-electron chi connectivity index (χ4n) is 1.53. The van der Waals surface area contributed by atoms with Crippen molar-refractivity contribution in [3.63, 3.8) is 0 Å². The summed E-state index contributed by atoms with van der Waals surface area (Å²) in [5.41, 5.74) is 0. The van der Waals surface area contributed by atoms with E-state index < -0.39 is 0 Å². The molecule has 0 aromatic heterocycles. The number of hydrogen-bond donors (Lipinski definition) is 2. The molecule has 0 spiro atoms. The molecule has 72 valence electrons. The van der Waals surface area contributed by atoms with E-state index in [4.69, 9.17) is 9.84 Å². The molecule has 1 aliphatic rings. The number of hydrogen-bond acceptors (Lipinski definition) is 3. The van der Waals surface area contributed by atoms with Crippen LogP contribution in [0.25, 0.3) is 0 Å². The fraction of sp³-hybridized carbons (Fsp3) is 1.00. The first-order valence-electron chi connectivity index (χ1n) is 4.74. The van der Waals surface area contributed by atoms with Crippen LogP contribution in [0.3, 0.4) is 0 Å². The molecule has 1 rings (SSSR count). The molecular weight excluding hydrogens is 154 g/mol. The number of aliphatic hydroxyl groups is 1. The maximum atomic E-state index is 8.78. The zero-order chi connectivity index (χ0) is 8.97. The summed E-state index contributed by atoms with van der Waals surface area (Å²) in [5.74, 6) is 0. The molecule has 0 heterocycles. The SMILES string of the molecule is CCOC1CC(N[C@H](C)CO)C1. The average molecular weight is 173 g/mol. The standard InChI is InChI=1S/C9H19NO2/c1-3-12-9-4-8(5-9)10-7(2)6-11/h7-11H,3-6H2,1-2H3/t7-,8?,9?/m1/s1. The summed E-state index contributed by atoms with van der Waals surface area (Å²) in [6, 6.07) is 0.779. The van der Waals surface area contributed by atoms with E-state index in [-0.39, 0.29) is 12.6 Å². The third kappa shape index (κ3) is 2.73. The minimum atomic E-state index is 0.218.